The van der Waals surface area contributed by atoms with Crippen molar-refractivity contribution in [1.29, 1.82) is 0 Å². The van der Waals surface area contributed by atoms with Gasteiger partial charge in [-0.3, -0.25) is 9.59 Å². The molecule has 0 spiro atoms. The van der Waals surface area contributed by atoms with Gasteiger partial charge in [0.2, 0.25) is 0 Å². The Kier molecular flexibility index (Phi) is 7.45. The lowest BCUT2D eigenvalue weighted by Gasteiger charge is -2.21. The van der Waals surface area contributed by atoms with E-state index in [0.29, 0.717) is 16.9 Å². The van der Waals surface area contributed by atoms with Crippen LogP contribution in [-0.4, -0.2) is 37.4 Å². The monoisotopic (exact) mass is 423 g/mol. The Labute approximate surface area is 182 Å². The number of Topliss-reactive ketones (excluding diaryl/α,β-unsaturated/α-hetero) is 1. The molecule has 0 heterocycles. The van der Waals surface area contributed by atoms with Crippen LogP contribution in [0.2, 0.25) is 0 Å². The number of methoxy groups -OCH3 is 1. The standard InChI is InChI=1S/C25H29NO5/c1-16(2)23(26-24(28)18-10-12-21(30-3)13-11-18)25(29)31-15-22(27)20-9-8-17-6-4-5-7-19(17)14-20/h8-14,16,23H,4-7,15H2,1-3H3,(H,26,28)/t23-/m0/s1. The summed E-state index contributed by atoms with van der Waals surface area (Å²) in [5, 5.41) is 2.71. The molecule has 1 amide bonds. The number of hydrogen-bond acceptors (Lipinski definition) is 5. The third-order valence-corrected chi connectivity index (χ3v) is 5.58. The summed E-state index contributed by atoms with van der Waals surface area (Å²) in [6.45, 7) is 3.27. The number of carbonyl (C=O) groups excluding carboxylic acids is 3. The lowest BCUT2D eigenvalue weighted by molar-refractivity contribution is -0.145. The van der Waals surface area contributed by atoms with E-state index in [1.807, 2.05) is 26.0 Å². The van der Waals surface area contributed by atoms with Crippen molar-refractivity contribution >= 4 is 17.7 Å². The molecule has 1 aliphatic rings. The van der Waals surface area contributed by atoms with Crippen LogP contribution in [0, 0.1) is 5.92 Å². The summed E-state index contributed by atoms with van der Waals surface area (Å²) in [7, 11) is 1.55. The number of benzene rings is 2. The Morgan fingerprint density at radius 3 is 2.23 bits per heavy atom. The number of carbonyl (C=O) groups is 3. The smallest absolute Gasteiger partial charge is 0.329 e. The van der Waals surface area contributed by atoms with Crippen molar-refractivity contribution in [1.82, 2.24) is 5.32 Å². The van der Waals surface area contributed by atoms with E-state index in [9.17, 15) is 14.4 Å². The second-order valence-corrected chi connectivity index (χ2v) is 8.15. The summed E-state index contributed by atoms with van der Waals surface area (Å²) < 4.78 is 10.4. The molecular formula is C25H29NO5. The third-order valence-electron chi connectivity index (χ3n) is 5.58. The number of esters is 1. The van der Waals surface area contributed by atoms with Crippen LogP contribution in [0.25, 0.3) is 0 Å². The number of ether oxygens (including phenoxy) is 2. The van der Waals surface area contributed by atoms with Gasteiger partial charge in [0, 0.05) is 11.1 Å². The van der Waals surface area contributed by atoms with Gasteiger partial charge in [-0.1, -0.05) is 26.0 Å². The van der Waals surface area contributed by atoms with Crippen molar-refractivity contribution < 1.29 is 23.9 Å². The fourth-order valence-electron chi connectivity index (χ4n) is 3.68. The maximum Gasteiger partial charge on any atom is 0.329 e. The van der Waals surface area contributed by atoms with Gasteiger partial charge in [0.25, 0.3) is 5.91 Å². The average molecular weight is 424 g/mol. The number of ketones is 1. The third kappa shape index (κ3) is 5.72. The van der Waals surface area contributed by atoms with E-state index in [2.05, 4.69) is 5.32 Å². The highest BCUT2D eigenvalue weighted by molar-refractivity contribution is 5.99. The first-order valence-corrected chi connectivity index (χ1v) is 10.7. The van der Waals surface area contributed by atoms with Gasteiger partial charge in [-0.25, -0.2) is 4.79 Å². The first-order valence-electron chi connectivity index (χ1n) is 10.7. The molecule has 2 aromatic carbocycles. The van der Waals surface area contributed by atoms with Crippen LogP contribution in [0.5, 0.6) is 5.75 Å². The average Bonchev–Trinajstić information content (AvgIpc) is 2.80. The largest absolute Gasteiger partial charge is 0.497 e. The van der Waals surface area contributed by atoms with Crippen LogP contribution in [-0.2, 0) is 22.4 Å². The Bertz CT molecular complexity index is 949. The molecule has 0 saturated carbocycles. The van der Waals surface area contributed by atoms with E-state index >= 15 is 0 Å². The molecule has 31 heavy (non-hydrogen) atoms. The van der Waals surface area contributed by atoms with Crippen LogP contribution in [0.3, 0.4) is 0 Å². The van der Waals surface area contributed by atoms with Crippen molar-refractivity contribution in [3.8, 4) is 5.75 Å². The van der Waals surface area contributed by atoms with E-state index in [4.69, 9.17) is 9.47 Å². The molecule has 2 aromatic rings. The molecule has 0 bridgehead atoms. The molecule has 0 aliphatic heterocycles. The van der Waals surface area contributed by atoms with Crippen molar-refractivity contribution in [3.63, 3.8) is 0 Å². The first-order chi connectivity index (χ1) is 14.9. The molecule has 164 valence electrons. The SMILES string of the molecule is COc1ccc(C(=O)N[C@H](C(=O)OCC(=O)c2ccc3c(c2)CCCC3)C(C)C)cc1. The predicted molar refractivity (Wildman–Crippen MR) is 117 cm³/mol. The highest BCUT2D eigenvalue weighted by Crippen LogP contribution is 2.22. The van der Waals surface area contributed by atoms with Gasteiger partial charge in [-0.15, -0.1) is 0 Å². The molecule has 3 rings (SSSR count). The Morgan fingerprint density at radius 2 is 1.58 bits per heavy atom. The van der Waals surface area contributed by atoms with Crippen LogP contribution in [0.15, 0.2) is 42.5 Å². The maximum absolute atomic E-state index is 12.6. The normalized spacial score (nSPS) is 13.8. The van der Waals surface area contributed by atoms with Gasteiger partial charge in [0.05, 0.1) is 7.11 Å². The summed E-state index contributed by atoms with van der Waals surface area (Å²) in [4.78, 5) is 37.7. The van der Waals surface area contributed by atoms with Gasteiger partial charge in [0.15, 0.2) is 12.4 Å². The van der Waals surface area contributed by atoms with Gasteiger partial charge < -0.3 is 14.8 Å². The van der Waals surface area contributed by atoms with E-state index in [-0.39, 0.29) is 24.2 Å². The molecule has 0 saturated heterocycles. The lowest BCUT2D eigenvalue weighted by atomic mass is 9.90. The van der Waals surface area contributed by atoms with Crippen molar-refractivity contribution in [2.24, 2.45) is 5.92 Å². The summed E-state index contributed by atoms with van der Waals surface area (Å²) in [6.07, 6.45) is 4.33. The molecule has 0 aromatic heterocycles. The molecule has 6 heteroatoms. The summed E-state index contributed by atoms with van der Waals surface area (Å²) in [5.74, 6) is -0.821. The second-order valence-electron chi connectivity index (χ2n) is 8.15. The van der Waals surface area contributed by atoms with E-state index in [1.165, 1.54) is 17.5 Å². The zero-order valence-electron chi connectivity index (χ0n) is 18.3. The minimum Gasteiger partial charge on any atom is -0.497 e. The predicted octanol–water partition coefficient (Wildman–Crippen LogP) is 3.75. The number of nitrogens with one attached hydrogen (secondary N) is 1. The van der Waals surface area contributed by atoms with Crippen LogP contribution >= 0.6 is 0 Å². The van der Waals surface area contributed by atoms with Crippen molar-refractivity contribution in [3.05, 3.63) is 64.7 Å². The minimum atomic E-state index is -0.856. The van der Waals surface area contributed by atoms with Gasteiger partial charge in [-0.05, 0) is 73.1 Å². The fourth-order valence-corrected chi connectivity index (χ4v) is 3.68. The molecule has 1 aliphatic carbocycles. The van der Waals surface area contributed by atoms with Crippen molar-refractivity contribution in [2.45, 2.75) is 45.6 Å². The Hall–Kier alpha value is -3.15. The lowest BCUT2D eigenvalue weighted by Crippen LogP contribution is -2.45. The molecule has 0 radical (unpaired) electrons. The number of rotatable bonds is 8. The fraction of sp³-hybridized carbons (Fsp3) is 0.400. The Balaban J connectivity index is 1.59. The van der Waals surface area contributed by atoms with Crippen LogP contribution in [0.4, 0.5) is 0 Å². The van der Waals surface area contributed by atoms with E-state index in [0.717, 1.165) is 19.3 Å². The Morgan fingerprint density at radius 1 is 0.935 bits per heavy atom. The molecule has 0 unspecified atom stereocenters. The molecular weight excluding hydrogens is 394 g/mol. The summed E-state index contributed by atoms with van der Waals surface area (Å²) in [6, 6.07) is 11.4. The second kappa shape index (κ2) is 10.2. The zero-order valence-corrected chi connectivity index (χ0v) is 18.3. The number of amides is 1. The van der Waals surface area contributed by atoms with Gasteiger partial charge >= 0.3 is 5.97 Å². The van der Waals surface area contributed by atoms with Crippen LogP contribution < -0.4 is 10.1 Å². The topological polar surface area (TPSA) is 81.7 Å². The van der Waals surface area contributed by atoms with Gasteiger partial charge in [-0.2, -0.15) is 0 Å². The minimum absolute atomic E-state index is 0.200. The summed E-state index contributed by atoms with van der Waals surface area (Å²) >= 11 is 0. The molecule has 0 fully saturated rings. The van der Waals surface area contributed by atoms with Gasteiger partial charge in [0.1, 0.15) is 11.8 Å². The zero-order chi connectivity index (χ0) is 22.4. The summed E-state index contributed by atoms with van der Waals surface area (Å²) in [5.41, 5.74) is 3.46. The van der Waals surface area contributed by atoms with E-state index < -0.39 is 12.0 Å². The number of fused-ring (bicyclic) bond motifs is 1. The first kappa shape index (κ1) is 22.5. The van der Waals surface area contributed by atoms with Crippen LogP contribution in [0.1, 0.15) is 58.5 Å². The van der Waals surface area contributed by atoms with Crippen molar-refractivity contribution in [2.75, 3.05) is 13.7 Å². The van der Waals surface area contributed by atoms with E-state index in [1.54, 1.807) is 37.4 Å². The molecule has 6 nitrogen and oxygen atoms in total. The highest BCUT2D eigenvalue weighted by atomic mass is 16.5. The maximum atomic E-state index is 12.6. The molecule has 1 atom stereocenters. The molecule has 1 N–H and O–H groups in total. The number of hydrogen-bond donors (Lipinski definition) is 1. The number of aryl methyl sites for hydroxylation is 2. The highest BCUT2D eigenvalue weighted by Gasteiger charge is 2.27. The quantitative estimate of drug-likeness (QED) is 0.517.